The van der Waals surface area contributed by atoms with Gasteiger partial charge in [-0.25, -0.2) is 0 Å². The van der Waals surface area contributed by atoms with Crippen LogP contribution in [0.2, 0.25) is 0 Å². The van der Waals surface area contributed by atoms with Gasteiger partial charge in [0.15, 0.2) is 0 Å². The van der Waals surface area contributed by atoms with Gasteiger partial charge in [-0.05, 0) is 43.7 Å². The summed E-state index contributed by atoms with van der Waals surface area (Å²) in [7, 11) is 0. The molecule has 0 spiro atoms. The summed E-state index contributed by atoms with van der Waals surface area (Å²) in [6, 6.07) is 13.8. The Labute approximate surface area is 158 Å². The number of nitrogens with zero attached hydrogens (tertiary/aromatic N) is 3. The van der Waals surface area contributed by atoms with Gasteiger partial charge in [0.2, 0.25) is 0 Å². The molecular weight excluding hydrogens is 340 g/mol. The van der Waals surface area contributed by atoms with E-state index in [0.717, 1.165) is 30.0 Å². The highest BCUT2D eigenvalue weighted by molar-refractivity contribution is 5.94. The molecule has 0 saturated heterocycles. The third kappa shape index (κ3) is 3.12. The van der Waals surface area contributed by atoms with Crippen molar-refractivity contribution < 1.29 is 9.53 Å². The van der Waals surface area contributed by atoms with Crippen LogP contribution in [0, 0.1) is 0 Å². The van der Waals surface area contributed by atoms with Crippen LogP contribution in [0.1, 0.15) is 42.5 Å². The number of aromatic nitrogens is 3. The molecule has 0 saturated carbocycles. The zero-order chi connectivity index (χ0) is 18.8. The predicted octanol–water partition coefficient (Wildman–Crippen LogP) is 3.88. The summed E-state index contributed by atoms with van der Waals surface area (Å²) in [4.78, 5) is 15.1. The second-order valence-corrected chi connectivity index (χ2v) is 6.65. The number of benzene rings is 1. The summed E-state index contributed by atoms with van der Waals surface area (Å²) in [5.41, 5.74) is 3.30. The molecule has 6 heteroatoms. The molecule has 3 heterocycles. The van der Waals surface area contributed by atoms with E-state index in [1.54, 1.807) is 0 Å². The molecule has 0 radical (unpaired) electrons. The van der Waals surface area contributed by atoms with Crippen molar-refractivity contribution in [2.75, 3.05) is 13.2 Å². The number of nitrogens with one attached hydrogen (secondary N) is 1. The van der Waals surface area contributed by atoms with E-state index in [0.29, 0.717) is 18.8 Å². The van der Waals surface area contributed by atoms with Crippen molar-refractivity contribution in [1.82, 2.24) is 19.7 Å². The fourth-order valence-corrected chi connectivity index (χ4v) is 3.82. The third-order valence-electron chi connectivity index (χ3n) is 5.08. The summed E-state index contributed by atoms with van der Waals surface area (Å²) < 4.78 is 7.92. The van der Waals surface area contributed by atoms with Crippen molar-refractivity contribution in [3.63, 3.8) is 0 Å². The zero-order valence-electron chi connectivity index (χ0n) is 15.7. The summed E-state index contributed by atoms with van der Waals surface area (Å²) in [5, 5.41) is 7.30. The normalized spacial score (nSPS) is 16.2. The SMILES string of the molecule is CCOc1ccccc1-c1cc(C(=O)N2CCn3cccc3[C@H]2CC)[nH]n1. The number of carbonyl (C=O) groups excluding carboxylic acids is 1. The molecule has 0 aliphatic carbocycles. The van der Waals surface area contributed by atoms with Crippen molar-refractivity contribution in [2.45, 2.75) is 32.9 Å². The molecule has 1 amide bonds. The number of aromatic amines is 1. The molecule has 0 fully saturated rings. The first-order valence-electron chi connectivity index (χ1n) is 9.46. The minimum atomic E-state index is -0.0121. The van der Waals surface area contributed by atoms with Crippen LogP contribution in [-0.2, 0) is 6.54 Å². The quantitative estimate of drug-likeness (QED) is 0.747. The molecule has 0 unspecified atom stereocenters. The Kier molecular flexibility index (Phi) is 4.71. The van der Waals surface area contributed by atoms with Gasteiger partial charge in [-0.2, -0.15) is 5.10 Å². The minimum Gasteiger partial charge on any atom is -0.493 e. The van der Waals surface area contributed by atoms with Gasteiger partial charge in [0, 0.05) is 30.5 Å². The highest BCUT2D eigenvalue weighted by Gasteiger charge is 2.31. The van der Waals surface area contributed by atoms with Crippen molar-refractivity contribution in [3.8, 4) is 17.0 Å². The van der Waals surface area contributed by atoms with Crippen molar-refractivity contribution in [3.05, 3.63) is 60.0 Å². The molecule has 2 aromatic heterocycles. The fraction of sp³-hybridized carbons (Fsp3) is 0.333. The van der Waals surface area contributed by atoms with Crippen LogP contribution in [-0.4, -0.2) is 38.7 Å². The predicted molar refractivity (Wildman–Crippen MR) is 104 cm³/mol. The molecule has 1 atom stereocenters. The van der Waals surface area contributed by atoms with Crippen LogP contribution in [0.4, 0.5) is 0 Å². The average Bonchev–Trinajstić information content (AvgIpc) is 3.37. The maximum atomic E-state index is 13.2. The molecule has 4 rings (SSSR count). The van der Waals surface area contributed by atoms with Gasteiger partial charge in [0.1, 0.15) is 11.4 Å². The Morgan fingerprint density at radius 3 is 2.89 bits per heavy atom. The van der Waals surface area contributed by atoms with Gasteiger partial charge < -0.3 is 14.2 Å². The number of amides is 1. The van der Waals surface area contributed by atoms with Gasteiger partial charge in [-0.1, -0.05) is 19.1 Å². The number of H-pyrrole nitrogens is 1. The number of ether oxygens (including phenoxy) is 1. The zero-order valence-corrected chi connectivity index (χ0v) is 15.7. The van der Waals surface area contributed by atoms with E-state index in [1.807, 2.05) is 48.2 Å². The summed E-state index contributed by atoms with van der Waals surface area (Å²) in [6.07, 6.45) is 2.96. The molecule has 6 nitrogen and oxygen atoms in total. The second-order valence-electron chi connectivity index (χ2n) is 6.65. The Morgan fingerprint density at radius 2 is 2.07 bits per heavy atom. The molecule has 1 aliphatic heterocycles. The first-order chi connectivity index (χ1) is 13.2. The maximum Gasteiger partial charge on any atom is 0.272 e. The molecule has 3 aromatic rings. The van der Waals surface area contributed by atoms with Gasteiger partial charge >= 0.3 is 0 Å². The van der Waals surface area contributed by atoms with Gasteiger partial charge in [0.05, 0.1) is 18.3 Å². The second kappa shape index (κ2) is 7.31. The van der Waals surface area contributed by atoms with Crippen molar-refractivity contribution >= 4 is 5.91 Å². The summed E-state index contributed by atoms with van der Waals surface area (Å²) in [6.45, 7) is 6.16. The Morgan fingerprint density at radius 1 is 1.22 bits per heavy atom. The number of fused-ring (bicyclic) bond motifs is 1. The average molecular weight is 364 g/mol. The lowest BCUT2D eigenvalue weighted by atomic mass is 10.1. The van der Waals surface area contributed by atoms with Gasteiger partial charge in [-0.3, -0.25) is 9.89 Å². The standard InChI is InChI=1S/C21H24N4O2/c1-3-18-19-9-7-11-24(19)12-13-25(18)21(26)17-14-16(22-23-17)15-8-5-6-10-20(15)27-4-2/h5-11,14,18H,3-4,12-13H2,1-2H3,(H,22,23)/t18-/m1/s1. The highest BCUT2D eigenvalue weighted by Crippen LogP contribution is 2.32. The molecule has 1 N–H and O–H groups in total. The van der Waals surface area contributed by atoms with Crippen LogP contribution in [0.5, 0.6) is 5.75 Å². The van der Waals surface area contributed by atoms with E-state index in [9.17, 15) is 4.79 Å². The van der Waals surface area contributed by atoms with E-state index in [2.05, 4.69) is 34.0 Å². The smallest absolute Gasteiger partial charge is 0.272 e. The van der Waals surface area contributed by atoms with E-state index in [4.69, 9.17) is 4.74 Å². The number of para-hydroxylation sites is 1. The molecule has 0 bridgehead atoms. The molecular formula is C21H24N4O2. The van der Waals surface area contributed by atoms with Gasteiger partial charge in [-0.15, -0.1) is 0 Å². The van der Waals surface area contributed by atoms with Crippen LogP contribution in [0.3, 0.4) is 0 Å². The number of carbonyl (C=O) groups is 1. The number of hydrogen-bond acceptors (Lipinski definition) is 3. The Bertz CT molecular complexity index is 943. The van der Waals surface area contributed by atoms with E-state index >= 15 is 0 Å². The molecule has 140 valence electrons. The van der Waals surface area contributed by atoms with Crippen LogP contribution < -0.4 is 4.74 Å². The topological polar surface area (TPSA) is 63.1 Å². The van der Waals surface area contributed by atoms with Crippen molar-refractivity contribution in [2.24, 2.45) is 0 Å². The molecule has 1 aliphatic rings. The fourth-order valence-electron chi connectivity index (χ4n) is 3.82. The minimum absolute atomic E-state index is 0.0121. The monoisotopic (exact) mass is 364 g/mol. The van der Waals surface area contributed by atoms with E-state index in [-0.39, 0.29) is 11.9 Å². The van der Waals surface area contributed by atoms with E-state index < -0.39 is 0 Å². The van der Waals surface area contributed by atoms with Crippen molar-refractivity contribution in [1.29, 1.82) is 0 Å². The first-order valence-corrected chi connectivity index (χ1v) is 9.46. The van der Waals surface area contributed by atoms with Crippen LogP contribution >= 0.6 is 0 Å². The Balaban J connectivity index is 1.61. The third-order valence-corrected chi connectivity index (χ3v) is 5.08. The van der Waals surface area contributed by atoms with Crippen LogP contribution in [0.15, 0.2) is 48.7 Å². The molecule has 27 heavy (non-hydrogen) atoms. The lowest BCUT2D eigenvalue weighted by Crippen LogP contribution is -2.41. The Hall–Kier alpha value is -3.02. The summed E-state index contributed by atoms with van der Waals surface area (Å²) in [5.74, 6) is 0.759. The molecule has 1 aromatic carbocycles. The lowest BCUT2D eigenvalue weighted by Gasteiger charge is -2.36. The summed E-state index contributed by atoms with van der Waals surface area (Å²) >= 11 is 0. The van der Waals surface area contributed by atoms with Crippen LogP contribution in [0.25, 0.3) is 11.3 Å². The highest BCUT2D eigenvalue weighted by atomic mass is 16.5. The number of hydrogen-bond donors (Lipinski definition) is 1. The largest absolute Gasteiger partial charge is 0.493 e. The van der Waals surface area contributed by atoms with Gasteiger partial charge in [0.25, 0.3) is 5.91 Å². The van der Waals surface area contributed by atoms with E-state index in [1.165, 1.54) is 5.69 Å². The lowest BCUT2D eigenvalue weighted by molar-refractivity contribution is 0.0611. The maximum absolute atomic E-state index is 13.2. The number of rotatable bonds is 5. The first kappa shape index (κ1) is 17.4.